The highest BCUT2D eigenvalue weighted by molar-refractivity contribution is 5.66. The number of nitrogens with one attached hydrogen (secondary N) is 1. The number of carboxylic acid groups (broad SMARTS) is 1. The zero-order valence-corrected chi connectivity index (χ0v) is 5.39. The Morgan fingerprint density at radius 1 is 1.78 bits per heavy atom. The minimum atomic E-state index is -0.840. The lowest BCUT2D eigenvalue weighted by molar-refractivity contribution is -0.138. The van der Waals surface area contributed by atoms with Gasteiger partial charge in [0, 0.05) is 6.54 Å². The van der Waals surface area contributed by atoms with Crippen molar-refractivity contribution < 1.29 is 14.7 Å². The Balaban J connectivity index is 2.83. The second kappa shape index (κ2) is 5.53. The van der Waals surface area contributed by atoms with Gasteiger partial charge >= 0.3 is 5.97 Å². The van der Waals surface area contributed by atoms with Gasteiger partial charge in [-0.3, -0.25) is 4.79 Å². The number of hydroxylamine groups is 1. The molecule has 0 fully saturated rings. The van der Waals surface area contributed by atoms with Crippen LogP contribution < -0.4 is 5.48 Å². The fourth-order valence-corrected chi connectivity index (χ4v) is 0.313. The van der Waals surface area contributed by atoms with E-state index in [4.69, 9.17) is 5.11 Å². The van der Waals surface area contributed by atoms with E-state index in [1.807, 2.05) is 6.92 Å². The van der Waals surface area contributed by atoms with Crippen molar-refractivity contribution >= 4 is 5.97 Å². The van der Waals surface area contributed by atoms with Crippen LogP contribution in [0.4, 0.5) is 0 Å². The monoisotopic (exact) mass is 133 g/mol. The van der Waals surface area contributed by atoms with Crippen molar-refractivity contribution in [1.29, 1.82) is 0 Å². The predicted molar refractivity (Wildman–Crippen MR) is 31.9 cm³/mol. The summed E-state index contributed by atoms with van der Waals surface area (Å²) in [6.45, 7) is 2.80. The molecule has 0 rings (SSSR count). The third-order valence-corrected chi connectivity index (χ3v) is 0.664. The standard InChI is InChI=1S/C5H11NO3/c1-2-6-9-4-3-5(7)8/h6H,2-4H2,1H3,(H,7,8). The van der Waals surface area contributed by atoms with Crippen LogP contribution in [0.1, 0.15) is 13.3 Å². The van der Waals surface area contributed by atoms with Crippen molar-refractivity contribution in [2.45, 2.75) is 13.3 Å². The van der Waals surface area contributed by atoms with Gasteiger partial charge in [-0.15, -0.1) is 0 Å². The van der Waals surface area contributed by atoms with Gasteiger partial charge in [-0.25, -0.2) is 5.48 Å². The molecule has 0 aromatic heterocycles. The first-order valence-electron chi connectivity index (χ1n) is 2.83. The Hall–Kier alpha value is -0.610. The Bertz CT molecular complexity index is 84.3. The molecule has 0 heterocycles. The molecule has 0 aliphatic carbocycles. The fraction of sp³-hybridized carbons (Fsp3) is 0.800. The highest BCUT2D eigenvalue weighted by Gasteiger charge is 1.93. The van der Waals surface area contributed by atoms with Crippen LogP contribution in [0.3, 0.4) is 0 Å². The molecule has 9 heavy (non-hydrogen) atoms. The summed E-state index contributed by atoms with van der Waals surface area (Å²) >= 11 is 0. The Morgan fingerprint density at radius 2 is 2.44 bits per heavy atom. The first-order valence-corrected chi connectivity index (χ1v) is 2.83. The van der Waals surface area contributed by atoms with Crippen molar-refractivity contribution in [2.75, 3.05) is 13.2 Å². The van der Waals surface area contributed by atoms with Gasteiger partial charge in [-0.2, -0.15) is 0 Å². The Morgan fingerprint density at radius 3 is 2.89 bits per heavy atom. The lowest BCUT2D eigenvalue weighted by atomic mass is 10.5. The number of carboxylic acids is 1. The van der Waals surface area contributed by atoms with Gasteiger partial charge in [0.25, 0.3) is 0 Å². The molecular formula is C5H11NO3. The molecule has 4 heteroatoms. The first-order chi connectivity index (χ1) is 4.27. The summed E-state index contributed by atoms with van der Waals surface area (Å²) in [5.41, 5.74) is 2.54. The minimum absolute atomic E-state index is 0.0486. The fourth-order valence-electron chi connectivity index (χ4n) is 0.313. The summed E-state index contributed by atoms with van der Waals surface area (Å²) in [6.07, 6.45) is 0.0486. The van der Waals surface area contributed by atoms with E-state index >= 15 is 0 Å². The SMILES string of the molecule is CCNOCCC(=O)O. The van der Waals surface area contributed by atoms with Gasteiger partial charge in [-0.1, -0.05) is 6.92 Å². The average Bonchev–Trinajstić information content (AvgIpc) is 1.80. The van der Waals surface area contributed by atoms with Crippen LogP contribution in [0.25, 0.3) is 0 Å². The Kier molecular flexibility index (Phi) is 5.15. The van der Waals surface area contributed by atoms with Gasteiger partial charge in [0.05, 0.1) is 13.0 Å². The molecular weight excluding hydrogens is 122 g/mol. The largest absolute Gasteiger partial charge is 0.481 e. The second-order valence-electron chi connectivity index (χ2n) is 1.49. The number of aliphatic carboxylic acids is 1. The molecule has 0 atom stereocenters. The molecule has 0 unspecified atom stereocenters. The number of carbonyl (C=O) groups is 1. The molecule has 0 amide bonds. The quantitative estimate of drug-likeness (QED) is 0.409. The van der Waals surface area contributed by atoms with Crippen molar-refractivity contribution in [3.05, 3.63) is 0 Å². The number of rotatable bonds is 5. The first kappa shape index (κ1) is 8.39. The second-order valence-corrected chi connectivity index (χ2v) is 1.49. The van der Waals surface area contributed by atoms with Crippen LogP contribution in [0, 0.1) is 0 Å². The van der Waals surface area contributed by atoms with E-state index in [0.717, 1.165) is 0 Å². The summed E-state index contributed by atoms with van der Waals surface area (Å²) in [6, 6.07) is 0. The van der Waals surface area contributed by atoms with Crippen LogP contribution >= 0.6 is 0 Å². The van der Waals surface area contributed by atoms with Crippen LogP contribution in [-0.4, -0.2) is 24.2 Å². The maximum absolute atomic E-state index is 9.85. The maximum Gasteiger partial charge on any atom is 0.305 e. The van der Waals surface area contributed by atoms with E-state index in [2.05, 4.69) is 10.3 Å². The molecule has 0 aliphatic heterocycles. The molecule has 0 aromatic rings. The predicted octanol–water partition coefficient (Wildman–Crippen LogP) is 0.00220. The van der Waals surface area contributed by atoms with Gasteiger partial charge in [-0.05, 0) is 0 Å². The summed E-state index contributed by atoms with van der Waals surface area (Å²) in [4.78, 5) is 14.5. The summed E-state index contributed by atoms with van der Waals surface area (Å²) in [5, 5.41) is 8.11. The van der Waals surface area contributed by atoms with E-state index in [0.29, 0.717) is 6.54 Å². The van der Waals surface area contributed by atoms with Gasteiger partial charge in [0.15, 0.2) is 0 Å². The molecule has 0 aliphatic rings. The van der Waals surface area contributed by atoms with Crippen LogP contribution in [0.15, 0.2) is 0 Å². The van der Waals surface area contributed by atoms with Crippen LogP contribution in [0.2, 0.25) is 0 Å². The van der Waals surface area contributed by atoms with E-state index in [1.54, 1.807) is 0 Å². The highest BCUT2D eigenvalue weighted by Crippen LogP contribution is 1.77. The topological polar surface area (TPSA) is 58.6 Å². The smallest absolute Gasteiger partial charge is 0.305 e. The van der Waals surface area contributed by atoms with Crippen LogP contribution in [-0.2, 0) is 9.63 Å². The van der Waals surface area contributed by atoms with Crippen LogP contribution in [0.5, 0.6) is 0 Å². The number of hydrogen-bond donors (Lipinski definition) is 2. The lowest BCUT2D eigenvalue weighted by Crippen LogP contribution is -2.15. The molecule has 54 valence electrons. The molecule has 0 aromatic carbocycles. The average molecular weight is 133 g/mol. The van der Waals surface area contributed by atoms with E-state index in [1.165, 1.54) is 0 Å². The lowest BCUT2D eigenvalue weighted by Gasteiger charge is -1.98. The van der Waals surface area contributed by atoms with Gasteiger partial charge in [0.2, 0.25) is 0 Å². The van der Waals surface area contributed by atoms with E-state index in [-0.39, 0.29) is 13.0 Å². The zero-order chi connectivity index (χ0) is 7.11. The Labute approximate surface area is 53.8 Å². The van der Waals surface area contributed by atoms with Crippen molar-refractivity contribution in [2.24, 2.45) is 0 Å². The van der Waals surface area contributed by atoms with Crippen molar-refractivity contribution in [3.63, 3.8) is 0 Å². The maximum atomic E-state index is 9.85. The van der Waals surface area contributed by atoms with E-state index < -0.39 is 5.97 Å². The summed E-state index contributed by atoms with van der Waals surface area (Å²) in [7, 11) is 0. The molecule has 0 spiro atoms. The van der Waals surface area contributed by atoms with Crippen molar-refractivity contribution in [3.8, 4) is 0 Å². The molecule has 2 N–H and O–H groups in total. The van der Waals surface area contributed by atoms with Gasteiger partial charge in [0.1, 0.15) is 0 Å². The molecule has 4 nitrogen and oxygen atoms in total. The van der Waals surface area contributed by atoms with Gasteiger partial charge < -0.3 is 9.94 Å². The third-order valence-electron chi connectivity index (χ3n) is 0.664. The molecule has 0 bridgehead atoms. The zero-order valence-electron chi connectivity index (χ0n) is 5.39. The minimum Gasteiger partial charge on any atom is -0.481 e. The van der Waals surface area contributed by atoms with Crippen molar-refractivity contribution in [1.82, 2.24) is 5.48 Å². The third kappa shape index (κ3) is 7.39. The normalized spacial score (nSPS) is 9.44. The van der Waals surface area contributed by atoms with E-state index in [9.17, 15) is 4.79 Å². The summed E-state index contributed by atoms with van der Waals surface area (Å²) < 4.78 is 0. The molecule has 0 saturated heterocycles. The summed E-state index contributed by atoms with van der Waals surface area (Å²) in [5.74, 6) is -0.840. The number of hydrogen-bond acceptors (Lipinski definition) is 3. The highest BCUT2D eigenvalue weighted by atomic mass is 16.6. The molecule has 0 saturated carbocycles. The molecule has 0 radical (unpaired) electrons.